The maximum Gasteiger partial charge on any atom is 0.100 e. The van der Waals surface area contributed by atoms with Crippen LogP contribution in [0.5, 0.6) is 0 Å². The number of thiophene rings is 1. The third-order valence-electron chi connectivity index (χ3n) is 1.89. The standard InChI is InChI=1S/C10H12Cl2OS/c1-6(2)3-4-8(13)7-5-9(11)14-10(7)12/h5,8,13H,1,3-4H2,2H3. The Morgan fingerprint density at radius 2 is 2.29 bits per heavy atom. The number of allylic oxidation sites excluding steroid dienone is 1. The van der Waals surface area contributed by atoms with E-state index in [2.05, 4.69) is 6.58 Å². The van der Waals surface area contributed by atoms with Crippen molar-refractivity contribution in [2.75, 3.05) is 0 Å². The molecule has 0 fully saturated rings. The summed E-state index contributed by atoms with van der Waals surface area (Å²) in [6.45, 7) is 5.72. The van der Waals surface area contributed by atoms with E-state index in [1.54, 1.807) is 6.07 Å². The first kappa shape index (κ1) is 12.1. The molecule has 0 spiro atoms. The minimum absolute atomic E-state index is 0.539. The van der Waals surface area contributed by atoms with Crippen LogP contribution in [0.4, 0.5) is 0 Å². The summed E-state index contributed by atoms with van der Waals surface area (Å²) >= 11 is 13.0. The van der Waals surface area contributed by atoms with Crippen LogP contribution in [-0.4, -0.2) is 5.11 Å². The lowest BCUT2D eigenvalue weighted by molar-refractivity contribution is 0.168. The Kier molecular flexibility index (Phi) is 4.45. The summed E-state index contributed by atoms with van der Waals surface area (Å²) in [5.41, 5.74) is 1.78. The third-order valence-corrected chi connectivity index (χ3v) is 3.40. The van der Waals surface area contributed by atoms with Crippen LogP contribution in [0.25, 0.3) is 0 Å². The number of aliphatic hydroxyl groups excluding tert-OH is 1. The Balaban J connectivity index is 2.64. The van der Waals surface area contributed by atoms with E-state index in [0.29, 0.717) is 15.1 Å². The van der Waals surface area contributed by atoms with Crippen LogP contribution in [0.2, 0.25) is 8.67 Å². The van der Waals surface area contributed by atoms with Crippen LogP contribution in [0.3, 0.4) is 0 Å². The lowest BCUT2D eigenvalue weighted by Crippen LogP contribution is -1.96. The van der Waals surface area contributed by atoms with Crippen molar-refractivity contribution >= 4 is 34.5 Å². The summed E-state index contributed by atoms with van der Waals surface area (Å²) in [6, 6.07) is 1.72. The fourth-order valence-corrected chi connectivity index (χ4v) is 2.69. The molecule has 1 atom stereocenters. The van der Waals surface area contributed by atoms with Crippen LogP contribution in [0.15, 0.2) is 18.2 Å². The minimum atomic E-state index is -0.539. The second kappa shape index (κ2) is 5.17. The highest BCUT2D eigenvalue weighted by Gasteiger charge is 2.14. The molecule has 0 aliphatic rings. The van der Waals surface area contributed by atoms with Gasteiger partial charge in [0.2, 0.25) is 0 Å². The summed E-state index contributed by atoms with van der Waals surface area (Å²) in [7, 11) is 0. The molecular weight excluding hydrogens is 239 g/mol. The highest BCUT2D eigenvalue weighted by molar-refractivity contribution is 7.20. The van der Waals surface area contributed by atoms with Crippen molar-refractivity contribution in [3.8, 4) is 0 Å². The minimum Gasteiger partial charge on any atom is -0.388 e. The zero-order valence-electron chi connectivity index (χ0n) is 7.89. The van der Waals surface area contributed by atoms with E-state index in [1.807, 2.05) is 6.92 Å². The molecule has 1 nitrogen and oxygen atoms in total. The quantitative estimate of drug-likeness (QED) is 0.784. The Morgan fingerprint density at radius 1 is 1.64 bits per heavy atom. The van der Waals surface area contributed by atoms with E-state index in [-0.39, 0.29) is 0 Å². The highest BCUT2D eigenvalue weighted by Crippen LogP contribution is 2.36. The Hall–Kier alpha value is -0.0200. The second-order valence-corrected chi connectivity index (χ2v) is 5.58. The van der Waals surface area contributed by atoms with Gasteiger partial charge in [0.05, 0.1) is 10.4 Å². The van der Waals surface area contributed by atoms with Crippen molar-refractivity contribution in [3.05, 3.63) is 32.5 Å². The molecule has 1 rings (SSSR count). The monoisotopic (exact) mass is 250 g/mol. The molecule has 0 saturated heterocycles. The summed E-state index contributed by atoms with van der Waals surface area (Å²) in [5.74, 6) is 0. The van der Waals surface area contributed by atoms with E-state index in [1.165, 1.54) is 11.3 Å². The maximum absolute atomic E-state index is 9.79. The van der Waals surface area contributed by atoms with Gasteiger partial charge in [-0.05, 0) is 25.8 Å². The van der Waals surface area contributed by atoms with Gasteiger partial charge in [-0.2, -0.15) is 0 Å². The zero-order valence-corrected chi connectivity index (χ0v) is 10.2. The lowest BCUT2D eigenvalue weighted by Gasteiger charge is -2.08. The first-order chi connectivity index (χ1) is 6.50. The fraction of sp³-hybridized carbons (Fsp3) is 0.400. The van der Waals surface area contributed by atoms with Gasteiger partial charge in [0.15, 0.2) is 0 Å². The van der Waals surface area contributed by atoms with Crippen LogP contribution in [-0.2, 0) is 0 Å². The van der Waals surface area contributed by atoms with Crippen molar-refractivity contribution < 1.29 is 5.11 Å². The Labute approximate surface area is 98.0 Å². The van der Waals surface area contributed by atoms with E-state index in [4.69, 9.17) is 23.2 Å². The Bertz CT molecular complexity index is 333. The van der Waals surface area contributed by atoms with Crippen LogP contribution in [0.1, 0.15) is 31.4 Å². The first-order valence-electron chi connectivity index (χ1n) is 4.28. The molecule has 1 N–H and O–H groups in total. The molecule has 0 aromatic carbocycles. The van der Waals surface area contributed by atoms with Gasteiger partial charge in [-0.1, -0.05) is 28.8 Å². The van der Waals surface area contributed by atoms with Gasteiger partial charge in [0, 0.05) is 5.56 Å². The predicted octanol–water partition coefficient (Wildman–Crippen LogP) is 4.44. The smallest absolute Gasteiger partial charge is 0.100 e. The number of hydrogen-bond donors (Lipinski definition) is 1. The molecular formula is C10H12Cl2OS. The molecule has 14 heavy (non-hydrogen) atoms. The molecule has 4 heteroatoms. The molecule has 0 amide bonds. The highest BCUT2D eigenvalue weighted by atomic mass is 35.5. The summed E-state index contributed by atoms with van der Waals surface area (Å²) in [4.78, 5) is 0. The van der Waals surface area contributed by atoms with Gasteiger partial charge in [0.25, 0.3) is 0 Å². The lowest BCUT2D eigenvalue weighted by atomic mass is 10.1. The first-order valence-corrected chi connectivity index (χ1v) is 5.85. The average molecular weight is 251 g/mol. The number of halogens is 2. The van der Waals surface area contributed by atoms with Gasteiger partial charge < -0.3 is 5.11 Å². The molecule has 0 radical (unpaired) electrons. The van der Waals surface area contributed by atoms with Gasteiger partial charge in [-0.3, -0.25) is 0 Å². The van der Waals surface area contributed by atoms with E-state index in [9.17, 15) is 5.11 Å². The van der Waals surface area contributed by atoms with Crippen molar-refractivity contribution in [1.82, 2.24) is 0 Å². The summed E-state index contributed by atoms with van der Waals surface area (Å²) in [5, 5.41) is 9.79. The molecule has 1 unspecified atom stereocenters. The number of hydrogen-bond acceptors (Lipinski definition) is 2. The number of aliphatic hydroxyl groups is 1. The van der Waals surface area contributed by atoms with Crippen molar-refractivity contribution in [2.45, 2.75) is 25.9 Å². The van der Waals surface area contributed by atoms with Crippen molar-refractivity contribution in [3.63, 3.8) is 0 Å². The van der Waals surface area contributed by atoms with E-state index < -0.39 is 6.10 Å². The maximum atomic E-state index is 9.79. The van der Waals surface area contributed by atoms with Crippen molar-refractivity contribution in [1.29, 1.82) is 0 Å². The third kappa shape index (κ3) is 3.28. The molecule has 0 bridgehead atoms. The molecule has 1 aromatic rings. The van der Waals surface area contributed by atoms with E-state index >= 15 is 0 Å². The van der Waals surface area contributed by atoms with E-state index in [0.717, 1.165) is 17.6 Å². The normalized spacial score (nSPS) is 12.9. The molecule has 78 valence electrons. The van der Waals surface area contributed by atoms with Crippen LogP contribution < -0.4 is 0 Å². The second-order valence-electron chi connectivity index (χ2n) is 3.29. The van der Waals surface area contributed by atoms with Gasteiger partial charge in [0.1, 0.15) is 4.34 Å². The van der Waals surface area contributed by atoms with Crippen molar-refractivity contribution in [2.24, 2.45) is 0 Å². The topological polar surface area (TPSA) is 20.2 Å². The van der Waals surface area contributed by atoms with Gasteiger partial charge in [-0.15, -0.1) is 17.9 Å². The van der Waals surface area contributed by atoms with Crippen LogP contribution >= 0.6 is 34.5 Å². The van der Waals surface area contributed by atoms with Crippen LogP contribution in [0, 0.1) is 0 Å². The summed E-state index contributed by atoms with van der Waals surface area (Å²) < 4.78 is 1.18. The largest absolute Gasteiger partial charge is 0.388 e. The molecule has 0 aliphatic heterocycles. The zero-order chi connectivity index (χ0) is 10.7. The predicted molar refractivity (Wildman–Crippen MR) is 63.3 cm³/mol. The molecule has 1 aromatic heterocycles. The molecule has 0 saturated carbocycles. The Morgan fingerprint density at radius 3 is 2.71 bits per heavy atom. The molecule has 0 aliphatic carbocycles. The number of rotatable bonds is 4. The van der Waals surface area contributed by atoms with Gasteiger partial charge in [-0.25, -0.2) is 0 Å². The average Bonchev–Trinajstić information content (AvgIpc) is 2.41. The molecule has 1 heterocycles. The van der Waals surface area contributed by atoms with Gasteiger partial charge >= 0.3 is 0 Å². The summed E-state index contributed by atoms with van der Waals surface area (Å²) in [6.07, 6.45) is 0.899. The SMILES string of the molecule is C=C(C)CCC(O)c1cc(Cl)sc1Cl. The fourth-order valence-electron chi connectivity index (χ4n) is 1.12.